The summed E-state index contributed by atoms with van der Waals surface area (Å²) in [6, 6.07) is 5.71. The van der Waals surface area contributed by atoms with Crippen molar-refractivity contribution < 1.29 is 9.53 Å². The molecule has 1 aromatic carbocycles. The Morgan fingerprint density at radius 1 is 1.50 bits per heavy atom. The van der Waals surface area contributed by atoms with Crippen LogP contribution in [0.2, 0.25) is 0 Å². The SMILES string of the molecule is CCOC(=O)c1cccc(CCCCl)c1I. The number of benzene rings is 1. The van der Waals surface area contributed by atoms with E-state index in [0.717, 1.165) is 22.0 Å². The normalized spacial score (nSPS) is 10.2. The smallest absolute Gasteiger partial charge is 0.339 e. The highest BCUT2D eigenvalue weighted by Crippen LogP contribution is 2.20. The van der Waals surface area contributed by atoms with Crippen molar-refractivity contribution in [1.82, 2.24) is 0 Å². The molecule has 0 saturated carbocycles. The van der Waals surface area contributed by atoms with Crippen LogP contribution >= 0.6 is 34.2 Å². The first-order valence-corrected chi connectivity index (χ1v) is 6.82. The van der Waals surface area contributed by atoms with E-state index in [9.17, 15) is 4.79 Å². The van der Waals surface area contributed by atoms with Crippen molar-refractivity contribution in [2.24, 2.45) is 0 Å². The number of aryl methyl sites for hydroxylation is 1. The van der Waals surface area contributed by atoms with Gasteiger partial charge in [0.15, 0.2) is 0 Å². The second-order valence-corrected chi connectivity index (χ2v) is 4.75. The first kappa shape index (κ1) is 13.8. The summed E-state index contributed by atoms with van der Waals surface area (Å²) in [5.41, 5.74) is 1.81. The Labute approximate surface area is 114 Å². The van der Waals surface area contributed by atoms with E-state index in [2.05, 4.69) is 22.6 Å². The molecule has 0 aliphatic carbocycles. The molecule has 0 atom stereocenters. The van der Waals surface area contributed by atoms with E-state index in [-0.39, 0.29) is 5.97 Å². The number of carbonyl (C=O) groups is 1. The number of hydrogen-bond donors (Lipinski definition) is 0. The third kappa shape index (κ3) is 3.63. The summed E-state index contributed by atoms with van der Waals surface area (Å²) in [5, 5.41) is 0. The highest BCUT2D eigenvalue weighted by molar-refractivity contribution is 14.1. The lowest BCUT2D eigenvalue weighted by molar-refractivity contribution is 0.0525. The highest BCUT2D eigenvalue weighted by atomic mass is 127. The molecule has 1 aromatic rings. The molecule has 0 unspecified atom stereocenters. The average molecular weight is 353 g/mol. The van der Waals surface area contributed by atoms with Gasteiger partial charge in [-0.05, 0) is 54.0 Å². The molecule has 0 aliphatic rings. The Balaban J connectivity index is 2.89. The molecule has 0 saturated heterocycles. The third-order valence-corrected chi connectivity index (χ3v) is 3.69. The van der Waals surface area contributed by atoms with Gasteiger partial charge in [-0.3, -0.25) is 0 Å². The van der Waals surface area contributed by atoms with E-state index in [0.29, 0.717) is 18.1 Å². The van der Waals surface area contributed by atoms with Gasteiger partial charge in [-0.1, -0.05) is 12.1 Å². The molecule has 0 amide bonds. The fourth-order valence-electron chi connectivity index (χ4n) is 1.40. The largest absolute Gasteiger partial charge is 0.462 e. The van der Waals surface area contributed by atoms with E-state index >= 15 is 0 Å². The zero-order chi connectivity index (χ0) is 12.0. The minimum absolute atomic E-state index is 0.250. The van der Waals surface area contributed by atoms with Crippen molar-refractivity contribution in [3.05, 3.63) is 32.9 Å². The number of halogens is 2. The molecule has 0 heterocycles. The van der Waals surface area contributed by atoms with Crippen molar-refractivity contribution in [3.63, 3.8) is 0 Å². The maximum Gasteiger partial charge on any atom is 0.339 e. The van der Waals surface area contributed by atoms with Crippen molar-refractivity contribution in [2.45, 2.75) is 19.8 Å². The summed E-state index contributed by atoms with van der Waals surface area (Å²) < 4.78 is 5.97. The van der Waals surface area contributed by atoms with Crippen LogP contribution in [0.15, 0.2) is 18.2 Å². The standard InChI is InChI=1S/C12H14ClIO2/c1-2-16-12(15)10-7-3-5-9(11(10)14)6-4-8-13/h3,5,7H,2,4,6,8H2,1H3. The minimum atomic E-state index is -0.250. The van der Waals surface area contributed by atoms with Crippen molar-refractivity contribution >= 4 is 40.2 Å². The molecule has 0 radical (unpaired) electrons. The van der Waals surface area contributed by atoms with Gasteiger partial charge in [0.1, 0.15) is 0 Å². The Hall–Kier alpha value is -0.290. The van der Waals surface area contributed by atoms with Gasteiger partial charge < -0.3 is 4.74 Å². The molecule has 2 nitrogen and oxygen atoms in total. The summed E-state index contributed by atoms with van der Waals surface area (Å²) in [5.74, 6) is 0.388. The second-order valence-electron chi connectivity index (χ2n) is 3.29. The Morgan fingerprint density at radius 3 is 2.88 bits per heavy atom. The molecule has 88 valence electrons. The molecular formula is C12H14ClIO2. The maximum absolute atomic E-state index is 11.6. The van der Waals surface area contributed by atoms with Crippen molar-refractivity contribution in [2.75, 3.05) is 12.5 Å². The fourth-order valence-corrected chi connectivity index (χ4v) is 2.38. The van der Waals surface area contributed by atoms with E-state index in [1.165, 1.54) is 0 Å². The quantitative estimate of drug-likeness (QED) is 0.459. The predicted octanol–water partition coefficient (Wildman–Crippen LogP) is 3.64. The number of carbonyl (C=O) groups excluding carboxylic acids is 1. The van der Waals surface area contributed by atoms with Gasteiger partial charge in [-0.15, -0.1) is 11.6 Å². The van der Waals surface area contributed by atoms with Gasteiger partial charge in [0.2, 0.25) is 0 Å². The van der Waals surface area contributed by atoms with Crippen LogP contribution in [0, 0.1) is 3.57 Å². The third-order valence-electron chi connectivity index (χ3n) is 2.15. The molecular weight excluding hydrogens is 338 g/mol. The van der Waals surface area contributed by atoms with Gasteiger partial charge in [-0.2, -0.15) is 0 Å². The number of esters is 1. The van der Waals surface area contributed by atoms with Crippen LogP contribution in [0.5, 0.6) is 0 Å². The lowest BCUT2D eigenvalue weighted by Crippen LogP contribution is -2.08. The first-order chi connectivity index (χ1) is 7.70. The summed E-state index contributed by atoms with van der Waals surface area (Å²) in [7, 11) is 0. The topological polar surface area (TPSA) is 26.3 Å². The number of hydrogen-bond acceptors (Lipinski definition) is 2. The van der Waals surface area contributed by atoms with E-state index in [1.54, 1.807) is 6.07 Å². The summed E-state index contributed by atoms with van der Waals surface area (Å²) in [6.45, 7) is 2.21. The molecule has 0 bridgehead atoms. The van der Waals surface area contributed by atoms with E-state index < -0.39 is 0 Å². The summed E-state index contributed by atoms with van der Waals surface area (Å²) in [4.78, 5) is 11.6. The lowest BCUT2D eigenvalue weighted by Gasteiger charge is -2.08. The van der Waals surface area contributed by atoms with Crippen LogP contribution < -0.4 is 0 Å². The number of alkyl halides is 1. The number of rotatable bonds is 5. The van der Waals surface area contributed by atoms with Crippen LogP contribution in [0.1, 0.15) is 29.3 Å². The van der Waals surface area contributed by atoms with Crippen LogP contribution in [-0.4, -0.2) is 18.5 Å². The van der Waals surface area contributed by atoms with Gasteiger partial charge in [0.05, 0.1) is 12.2 Å². The lowest BCUT2D eigenvalue weighted by atomic mass is 10.1. The fraction of sp³-hybridized carbons (Fsp3) is 0.417. The minimum Gasteiger partial charge on any atom is -0.462 e. The van der Waals surface area contributed by atoms with Crippen LogP contribution in [0.4, 0.5) is 0 Å². The predicted molar refractivity (Wildman–Crippen MR) is 74.2 cm³/mol. The maximum atomic E-state index is 11.6. The highest BCUT2D eigenvalue weighted by Gasteiger charge is 2.13. The zero-order valence-electron chi connectivity index (χ0n) is 9.13. The van der Waals surface area contributed by atoms with E-state index in [1.807, 2.05) is 19.1 Å². The molecule has 0 aliphatic heterocycles. The Bertz CT molecular complexity index is 366. The van der Waals surface area contributed by atoms with Gasteiger partial charge >= 0.3 is 5.97 Å². The summed E-state index contributed by atoms with van der Waals surface area (Å²) in [6.07, 6.45) is 1.82. The number of ether oxygens (including phenoxy) is 1. The Morgan fingerprint density at radius 2 is 2.25 bits per heavy atom. The molecule has 0 aromatic heterocycles. The van der Waals surface area contributed by atoms with Crippen LogP contribution in [-0.2, 0) is 11.2 Å². The zero-order valence-corrected chi connectivity index (χ0v) is 12.0. The molecule has 1 rings (SSSR count). The monoisotopic (exact) mass is 352 g/mol. The van der Waals surface area contributed by atoms with Crippen molar-refractivity contribution in [1.29, 1.82) is 0 Å². The second kappa shape index (κ2) is 7.12. The van der Waals surface area contributed by atoms with Gasteiger partial charge in [0, 0.05) is 9.45 Å². The van der Waals surface area contributed by atoms with Gasteiger partial charge in [0.25, 0.3) is 0 Å². The first-order valence-electron chi connectivity index (χ1n) is 5.21. The average Bonchev–Trinajstić information content (AvgIpc) is 2.28. The molecule has 16 heavy (non-hydrogen) atoms. The van der Waals surface area contributed by atoms with Crippen LogP contribution in [0.25, 0.3) is 0 Å². The Kier molecular flexibility index (Phi) is 6.13. The molecule has 0 fully saturated rings. The van der Waals surface area contributed by atoms with Crippen LogP contribution in [0.3, 0.4) is 0 Å². The molecule has 4 heteroatoms. The molecule has 0 spiro atoms. The van der Waals surface area contributed by atoms with Crippen molar-refractivity contribution in [3.8, 4) is 0 Å². The van der Waals surface area contributed by atoms with Gasteiger partial charge in [-0.25, -0.2) is 4.79 Å². The molecule has 0 N–H and O–H groups in total. The summed E-state index contributed by atoms with van der Waals surface area (Å²) >= 11 is 7.85. The van der Waals surface area contributed by atoms with E-state index in [4.69, 9.17) is 16.3 Å².